The van der Waals surface area contributed by atoms with Crippen LogP contribution >= 0.6 is 7.92 Å². The number of benzene rings is 5. The number of methoxy groups -OCH3 is 2. The van der Waals surface area contributed by atoms with Crippen LogP contribution in [0.2, 0.25) is 0 Å². The van der Waals surface area contributed by atoms with Crippen molar-refractivity contribution >= 4 is 45.6 Å². The molecule has 5 aromatic rings. The van der Waals surface area contributed by atoms with Gasteiger partial charge in [-0.25, -0.2) is 8.93 Å². The second-order valence-corrected chi connectivity index (χ2v) is 15.0. The van der Waals surface area contributed by atoms with Crippen molar-refractivity contribution in [2.75, 3.05) is 14.2 Å². The zero-order valence-corrected chi connectivity index (χ0v) is 25.8. The highest BCUT2D eigenvalue weighted by molar-refractivity contribution is 7.84. The highest BCUT2D eigenvalue weighted by atomic mass is 32.2. The molecule has 4 nitrogen and oxygen atoms in total. The summed E-state index contributed by atoms with van der Waals surface area (Å²) in [5.41, 5.74) is 2.07. The minimum absolute atomic E-state index is 0.381. The molecular formula is C35H36NO3PS. The third-order valence-electron chi connectivity index (χ3n) is 7.03. The fourth-order valence-corrected chi connectivity index (χ4v) is 8.29. The van der Waals surface area contributed by atoms with E-state index >= 15 is 0 Å². The van der Waals surface area contributed by atoms with Gasteiger partial charge in [0.25, 0.3) is 0 Å². The van der Waals surface area contributed by atoms with Crippen LogP contribution in [-0.4, -0.2) is 23.2 Å². The van der Waals surface area contributed by atoms with E-state index in [0.717, 1.165) is 27.2 Å². The molecule has 1 N–H and O–H groups in total. The maximum Gasteiger partial charge on any atom is 0.161 e. The molecule has 0 saturated carbocycles. The van der Waals surface area contributed by atoms with Crippen LogP contribution < -0.4 is 30.1 Å². The van der Waals surface area contributed by atoms with Gasteiger partial charge in [0, 0.05) is 0 Å². The van der Waals surface area contributed by atoms with E-state index in [2.05, 4.69) is 102 Å². The lowest BCUT2D eigenvalue weighted by Gasteiger charge is -2.30. The molecule has 210 valence electrons. The Hall–Kier alpha value is -3.50. The topological polar surface area (TPSA) is 47.6 Å². The van der Waals surface area contributed by atoms with E-state index in [0.29, 0.717) is 11.5 Å². The molecule has 0 aliphatic carbocycles. The Bertz CT molecular complexity index is 1610. The number of fused-ring (bicyclic) bond motifs is 1. The van der Waals surface area contributed by atoms with Crippen LogP contribution in [0.5, 0.6) is 11.5 Å². The Morgan fingerprint density at radius 3 is 1.80 bits per heavy atom. The van der Waals surface area contributed by atoms with Crippen LogP contribution in [0.1, 0.15) is 37.9 Å². The van der Waals surface area contributed by atoms with Crippen molar-refractivity contribution < 1.29 is 13.7 Å². The molecular weight excluding hydrogens is 545 g/mol. The number of rotatable bonds is 9. The molecule has 0 saturated heterocycles. The molecule has 2 atom stereocenters. The highest BCUT2D eigenvalue weighted by Crippen LogP contribution is 2.42. The Morgan fingerprint density at radius 2 is 1.22 bits per heavy atom. The summed E-state index contributed by atoms with van der Waals surface area (Å²) in [6.45, 7) is 5.98. The molecule has 0 radical (unpaired) electrons. The molecule has 5 rings (SSSR count). The van der Waals surface area contributed by atoms with Crippen molar-refractivity contribution in [2.24, 2.45) is 0 Å². The number of ether oxygens (including phenoxy) is 2. The summed E-state index contributed by atoms with van der Waals surface area (Å²) in [7, 11) is 0.977. The maximum absolute atomic E-state index is 13.8. The molecule has 0 fully saturated rings. The van der Waals surface area contributed by atoms with Crippen molar-refractivity contribution in [1.82, 2.24) is 4.72 Å². The molecule has 6 heteroatoms. The predicted molar refractivity (Wildman–Crippen MR) is 175 cm³/mol. The first kappa shape index (κ1) is 29.0. The summed E-state index contributed by atoms with van der Waals surface area (Å²) in [5.74, 6) is 1.30. The van der Waals surface area contributed by atoms with E-state index in [1.165, 1.54) is 10.6 Å². The Balaban J connectivity index is 1.85. The zero-order valence-electron chi connectivity index (χ0n) is 24.1. The van der Waals surface area contributed by atoms with Gasteiger partial charge in [-0.2, -0.15) is 0 Å². The first-order valence-corrected chi connectivity index (χ1v) is 16.1. The van der Waals surface area contributed by atoms with Gasteiger partial charge in [0.05, 0.1) is 36.0 Å². The van der Waals surface area contributed by atoms with E-state index in [9.17, 15) is 4.21 Å². The quantitative estimate of drug-likeness (QED) is 0.196. The van der Waals surface area contributed by atoms with Gasteiger partial charge in [0.1, 0.15) is 0 Å². The van der Waals surface area contributed by atoms with E-state index in [1.807, 2.05) is 39.0 Å². The predicted octanol–water partition coefficient (Wildman–Crippen LogP) is 6.76. The van der Waals surface area contributed by atoms with Crippen molar-refractivity contribution in [3.63, 3.8) is 0 Å². The summed E-state index contributed by atoms with van der Waals surface area (Å²) in [5, 5.41) is 5.80. The van der Waals surface area contributed by atoms with Crippen LogP contribution in [0.25, 0.3) is 10.8 Å². The minimum atomic E-state index is -1.35. The first-order chi connectivity index (χ1) is 19.8. The van der Waals surface area contributed by atoms with Gasteiger partial charge >= 0.3 is 0 Å². The second-order valence-electron chi connectivity index (χ2n) is 10.8. The Labute approximate surface area is 247 Å². The number of hydrogen-bond donors (Lipinski definition) is 1. The standard InChI is InChI=1S/C35H36NO3PS/c1-35(2,3)41(37)36-34(29-22-14-16-25-15-12-13-21-28(25)29)30-23-31(38-4)32(39-5)24-33(30)40(26-17-8-6-9-18-26)27-19-10-7-11-20-27/h6-24,34,36H,1-5H3. The monoisotopic (exact) mass is 581 g/mol. The van der Waals surface area contributed by atoms with Gasteiger partial charge < -0.3 is 9.47 Å². The molecule has 41 heavy (non-hydrogen) atoms. The molecule has 5 aromatic carbocycles. The largest absolute Gasteiger partial charge is 0.493 e. The molecule has 0 spiro atoms. The van der Waals surface area contributed by atoms with Crippen molar-refractivity contribution in [2.45, 2.75) is 31.6 Å². The minimum Gasteiger partial charge on any atom is -0.493 e. The van der Waals surface area contributed by atoms with Crippen LogP contribution in [-0.2, 0) is 11.0 Å². The zero-order chi connectivity index (χ0) is 29.0. The van der Waals surface area contributed by atoms with Gasteiger partial charge in [-0.15, -0.1) is 0 Å². The van der Waals surface area contributed by atoms with Gasteiger partial charge in [0.2, 0.25) is 0 Å². The smallest absolute Gasteiger partial charge is 0.161 e. The molecule has 0 bridgehead atoms. The average molecular weight is 582 g/mol. The van der Waals surface area contributed by atoms with Gasteiger partial charge in [-0.3, -0.25) is 0 Å². The lowest BCUT2D eigenvalue weighted by molar-refractivity contribution is 0.354. The maximum atomic E-state index is 13.8. The molecule has 2 unspecified atom stereocenters. The van der Waals surface area contributed by atoms with Gasteiger partial charge in [-0.05, 0) is 78.6 Å². The third kappa shape index (κ3) is 6.23. The normalized spacial score (nSPS) is 13.2. The van der Waals surface area contributed by atoms with E-state index < -0.39 is 23.7 Å². The summed E-state index contributed by atoms with van der Waals surface area (Å²) in [6.07, 6.45) is 0. The fraction of sp³-hybridized carbons (Fsp3) is 0.200. The van der Waals surface area contributed by atoms with Gasteiger partial charge in [-0.1, -0.05) is 103 Å². The van der Waals surface area contributed by atoms with Crippen LogP contribution in [0.15, 0.2) is 115 Å². The Morgan fingerprint density at radius 1 is 0.683 bits per heavy atom. The molecule has 0 aromatic heterocycles. The van der Waals surface area contributed by atoms with E-state index in [4.69, 9.17) is 9.47 Å². The van der Waals surface area contributed by atoms with Gasteiger partial charge in [0.15, 0.2) is 11.5 Å². The Kier molecular flexibility index (Phi) is 8.89. The molecule has 0 amide bonds. The fourth-order valence-electron chi connectivity index (χ4n) is 4.97. The van der Waals surface area contributed by atoms with Crippen LogP contribution in [0.3, 0.4) is 0 Å². The van der Waals surface area contributed by atoms with Crippen molar-refractivity contribution in [1.29, 1.82) is 0 Å². The summed E-state index contributed by atoms with van der Waals surface area (Å²) >= 11 is 0. The lowest BCUT2D eigenvalue weighted by Crippen LogP contribution is -2.38. The SMILES string of the molecule is COc1cc(C(NS(=O)C(C)(C)C)c2cccc3ccccc23)c(P(c2ccccc2)c2ccccc2)cc1OC. The molecule has 0 heterocycles. The second kappa shape index (κ2) is 12.6. The summed E-state index contributed by atoms with van der Waals surface area (Å²) < 4.78 is 28.6. The summed E-state index contributed by atoms with van der Waals surface area (Å²) in [6, 6.07) is 39.7. The molecule has 0 aliphatic heterocycles. The summed E-state index contributed by atoms with van der Waals surface area (Å²) in [4.78, 5) is 0. The number of hydrogen-bond acceptors (Lipinski definition) is 3. The van der Waals surface area contributed by atoms with E-state index in [1.54, 1.807) is 14.2 Å². The van der Waals surface area contributed by atoms with Crippen LogP contribution in [0.4, 0.5) is 0 Å². The molecule has 0 aliphatic rings. The highest BCUT2D eigenvalue weighted by Gasteiger charge is 2.31. The third-order valence-corrected chi connectivity index (χ3v) is 11.1. The van der Waals surface area contributed by atoms with E-state index in [-0.39, 0.29) is 6.04 Å². The van der Waals surface area contributed by atoms with Crippen molar-refractivity contribution in [3.8, 4) is 11.5 Å². The van der Waals surface area contributed by atoms with Crippen molar-refractivity contribution in [3.05, 3.63) is 126 Å². The van der Waals surface area contributed by atoms with Crippen LogP contribution in [0, 0.1) is 0 Å². The number of nitrogens with one attached hydrogen (secondary N) is 1. The first-order valence-electron chi connectivity index (χ1n) is 13.6. The lowest BCUT2D eigenvalue weighted by atomic mass is 9.94. The average Bonchev–Trinajstić information content (AvgIpc) is 3.00.